The highest BCUT2D eigenvalue weighted by molar-refractivity contribution is 8.00. The summed E-state index contributed by atoms with van der Waals surface area (Å²) in [5.74, 6) is 0.861. The summed E-state index contributed by atoms with van der Waals surface area (Å²) in [6.07, 6.45) is 5.02. The van der Waals surface area contributed by atoms with Crippen LogP contribution in [0.4, 0.5) is 0 Å². The monoisotopic (exact) mass is 250 g/mol. The van der Waals surface area contributed by atoms with Gasteiger partial charge in [0.05, 0.1) is 6.10 Å². The van der Waals surface area contributed by atoms with Gasteiger partial charge in [0.15, 0.2) is 0 Å². The third-order valence-corrected chi connectivity index (χ3v) is 4.94. The van der Waals surface area contributed by atoms with E-state index in [2.05, 4.69) is 19.1 Å². The summed E-state index contributed by atoms with van der Waals surface area (Å²) in [6, 6.07) is 8.27. The molecular formula is C15H22OS. The lowest BCUT2D eigenvalue weighted by Crippen LogP contribution is -2.15. The van der Waals surface area contributed by atoms with Gasteiger partial charge < -0.3 is 5.11 Å². The number of benzene rings is 1. The highest BCUT2D eigenvalue weighted by atomic mass is 32.2. The second-order valence-electron chi connectivity index (χ2n) is 5.23. The average Bonchev–Trinajstić information content (AvgIpc) is 2.29. The molecule has 0 heterocycles. The van der Waals surface area contributed by atoms with Gasteiger partial charge in [-0.25, -0.2) is 0 Å². The molecule has 1 aromatic rings. The summed E-state index contributed by atoms with van der Waals surface area (Å²) in [5, 5.41) is 10.5. The zero-order valence-electron chi connectivity index (χ0n) is 10.7. The van der Waals surface area contributed by atoms with Crippen LogP contribution in [0.2, 0.25) is 0 Å². The van der Waals surface area contributed by atoms with E-state index in [1.54, 1.807) is 0 Å². The predicted octanol–water partition coefficient (Wildman–Crippen LogP) is 4.41. The first-order valence-electron chi connectivity index (χ1n) is 6.60. The topological polar surface area (TPSA) is 20.2 Å². The number of hydrogen-bond donors (Lipinski definition) is 1. The third-order valence-electron chi connectivity index (χ3n) is 3.55. The number of thioether (sulfide) groups is 1. The molecule has 0 amide bonds. The maximum atomic E-state index is 9.77. The molecule has 0 aromatic heterocycles. The quantitative estimate of drug-likeness (QED) is 0.857. The fraction of sp³-hybridized carbons (Fsp3) is 0.600. The molecule has 0 radical (unpaired) electrons. The Hall–Kier alpha value is -0.470. The summed E-state index contributed by atoms with van der Waals surface area (Å²) < 4.78 is 0. The van der Waals surface area contributed by atoms with Gasteiger partial charge in [-0.1, -0.05) is 38.0 Å². The predicted molar refractivity (Wildman–Crippen MR) is 74.4 cm³/mol. The van der Waals surface area contributed by atoms with Crippen molar-refractivity contribution in [3.8, 4) is 0 Å². The minimum Gasteiger partial charge on any atom is -0.389 e. The Morgan fingerprint density at radius 2 is 2.06 bits per heavy atom. The van der Waals surface area contributed by atoms with Crippen LogP contribution in [0, 0.1) is 5.92 Å². The van der Waals surface area contributed by atoms with Gasteiger partial charge in [-0.05, 0) is 37.3 Å². The molecule has 0 aliphatic heterocycles. The molecule has 1 N–H and O–H groups in total. The Kier molecular flexibility index (Phi) is 4.52. The molecule has 3 atom stereocenters. The van der Waals surface area contributed by atoms with Crippen molar-refractivity contribution in [3.05, 3.63) is 29.8 Å². The number of aliphatic hydroxyl groups excluding tert-OH is 1. The maximum absolute atomic E-state index is 9.77. The zero-order chi connectivity index (χ0) is 12.3. The largest absolute Gasteiger partial charge is 0.389 e. The van der Waals surface area contributed by atoms with Crippen molar-refractivity contribution in [1.82, 2.24) is 0 Å². The molecule has 1 aromatic carbocycles. The minimum atomic E-state index is -0.361. The molecule has 1 saturated carbocycles. The van der Waals surface area contributed by atoms with Crippen LogP contribution >= 0.6 is 11.8 Å². The van der Waals surface area contributed by atoms with Crippen molar-refractivity contribution in [2.75, 3.05) is 0 Å². The molecule has 1 aliphatic rings. The van der Waals surface area contributed by atoms with Crippen LogP contribution < -0.4 is 0 Å². The molecule has 1 fully saturated rings. The van der Waals surface area contributed by atoms with Gasteiger partial charge >= 0.3 is 0 Å². The van der Waals surface area contributed by atoms with E-state index in [1.165, 1.54) is 30.6 Å². The van der Waals surface area contributed by atoms with E-state index in [4.69, 9.17) is 0 Å². The van der Waals surface area contributed by atoms with E-state index in [1.807, 2.05) is 30.8 Å². The van der Waals surface area contributed by atoms with E-state index < -0.39 is 0 Å². The standard InChI is InChI=1S/C15H22OS/c1-11-6-5-7-13(10-11)17-15-9-4-3-8-14(15)12(2)16/h3-4,8-9,11-13,16H,5-7,10H2,1-2H3/t11?,12-,13?/m1/s1. The van der Waals surface area contributed by atoms with Crippen molar-refractivity contribution in [2.24, 2.45) is 5.92 Å². The lowest BCUT2D eigenvalue weighted by molar-refractivity contribution is 0.196. The lowest BCUT2D eigenvalue weighted by atomic mass is 9.91. The molecule has 1 aliphatic carbocycles. The van der Waals surface area contributed by atoms with Crippen LogP contribution in [0.25, 0.3) is 0 Å². The van der Waals surface area contributed by atoms with Gasteiger partial charge in [-0.2, -0.15) is 0 Å². The molecule has 17 heavy (non-hydrogen) atoms. The number of rotatable bonds is 3. The Morgan fingerprint density at radius 3 is 2.76 bits per heavy atom. The summed E-state index contributed by atoms with van der Waals surface area (Å²) in [7, 11) is 0. The van der Waals surface area contributed by atoms with Crippen LogP contribution in [0.3, 0.4) is 0 Å². The van der Waals surface area contributed by atoms with Gasteiger partial charge in [-0.15, -0.1) is 11.8 Å². The molecule has 0 bridgehead atoms. The van der Waals surface area contributed by atoms with Gasteiger partial charge in [0.1, 0.15) is 0 Å². The molecule has 0 spiro atoms. The number of hydrogen-bond acceptors (Lipinski definition) is 2. The summed E-state index contributed by atoms with van der Waals surface area (Å²) in [4.78, 5) is 1.27. The third kappa shape index (κ3) is 3.49. The summed E-state index contributed by atoms with van der Waals surface area (Å²) in [5.41, 5.74) is 1.08. The first-order valence-corrected chi connectivity index (χ1v) is 7.48. The Labute approximate surface area is 109 Å². The van der Waals surface area contributed by atoms with E-state index in [9.17, 15) is 5.11 Å². The second kappa shape index (κ2) is 5.92. The Balaban J connectivity index is 2.07. The van der Waals surface area contributed by atoms with Crippen molar-refractivity contribution in [3.63, 3.8) is 0 Å². The van der Waals surface area contributed by atoms with Crippen LogP contribution in [0.15, 0.2) is 29.2 Å². The summed E-state index contributed by atoms with van der Waals surface area (Å²) >= 11 is 1.96. The lowest BCUT2D eigenvalue weighted by Gasteiger charge is -2.27. The summed E-state index contributed by atoms with van der Waals surface area (Å²) in [6.45, 7) is 4.20. The second-order valence-corrected chi connectivity index (χ2v) is 6.57. The smallest absolute Gasteiger partial charge is 0.0772 e. The highest BCUT2D eigenvalue weighted by Crippen LogP contribution is 2.38. The molecule has 94 valence electrons. The normalized spacial score (nSPS) is 26.8. The average molecular weight is 250 g/mol. The van der Waals surface area contributed by atoms with Gasteiger partial charge in [0.2, 0.25) is 0 Å². The fourth-order valence-electron chi connectivity index (χ4n) is 2.60. The van der Waals surface area contributed by atoms with Crippen LogP contribution in [0.1, 0.15) is 51.2 Å². The van der Waals surface area contributed by atoms with Crippen molar-refractivity contribution >= 4 is 11.8 Å². The SMILES string of the molecule is CC1CCCC(Sc2ccccc2[C@@H](C)O)C1. The fourth-order valence-corrected chi connectivity index (χ4v) is 4.20. The van der Waals surface area contributed by atoms with E-state index in [-0.39, 0.29) is 6.10 Å². The van der Waals surface area contributed by atoms with Crippen LogP contribution in [-0.4, -0.2) is 10.4 Å². The van der Waals surface area contributed by atoms with Gasteiger partial charge in [0.25, 0.3) is 0 Å². The Bertz CT molecular complexity index is 362. The van der Waals surface area contributed by atoms with Crippen LogP contribution in [-0.2, 0) is 0 Å². The number of aliphatic hydroxyl groups is 1. The molecule has 2 heteroatoms. The zero-order valence-corrected chi connectivity index (χ0v) is 11.5. The molecule has 1 nitrogen and oxygen atoms in total. The van der Waals surface area contributed by atoms with Crippen LogP contribution in [0.5, 0.6) is 0 Å². The molecule has 2 unspecified atom stereocenters. The van der Waals surface area contributed by atoms with E-state index in [0.29, 0.717) is 0 Å². The van der Waals surface area contributed by atoms with E-state index >= 15 is 0 Å². The van der Waals surface area contributed by atoms with Crippen molar-refractivity contribution < 1.29 is 5.11 Å². The Morgan fingerprint density at radius 1 is 1.29 bits per heavy atom. The highest BCUT2D eigenvalue weighted by Gasteiger charge is 2.21. The first-order chi connectivity index (χ1) is 8.16. The van der Waals surface area contributed by atoms with E-state index in [0.717, 1.165) is 16.7 Å². The van der Waals surface area contributed by atoms with Gasteiger partial charge in [-0.3, -0.25) is 0 Å². The maximum Gasteiger partial charge on any atom is 0.0772 e. The first kappa shape index (κ1) is 13.0. The van der Waals surface area contributed by atoms with Gasteiger partial charge in [0, 0.05) is 10.1 Å². The molecular weight excluding hydrogens is 228 g/mol. The minimum absolute atomic E-state index is 0.361. The van der Waals surface area contributed by atoms with Crippen molar-refractivity contribution in [2.45, 2.75) is 55.8 Å². The van der Waals surface area contributed by atoms with Crippen molar-refractivity contribution in [1.29, 1.82) is 0 Å². The molecule has 0 saturated heterocycles. The molecule has 2 rings (SSSR count).